The summed E-state index contributed by atoms with van der Waals surface area (Å²) in [7, 11) is 0. The second-order valence-electron chi connectivity index (χ2n) is 8.38. The van der Waals surface area contributed by atoms with E-state index >= 15 is 0 Å². The van der Waals surface area contributed by atoms with Crippen molar-refractivity contribution >= 4 is 34.8 Å². The Hall–Kier alpha value is -2.78. The van der Waals surface area contributed by atoms with E-state index in [0.29, 0.717) is 30.2 Å². The van der Waals surface area contributed by atoms with Crippen molar-refractivity contribution in [3.8, 4) is 5.75 Å². The quantitative estimate of drug-likeness (QED) is 0.496. The van der Waals surface area contributed by atoms with Gasteiger partial charge in [0.25, 0.3) is 11.8 Å². The molecule has 1 aliphatic rings. The number of nitrogens with one attached hydrogen (secondary N) is 2. The average Bonchev–Trinajstić information content (AvgIpc) is 3.29. The summed E-state index contributed by atoms with van der Waals surface area (Å²) in [6, 6.07) is 6.61. The molecule has 0 aromatic heterocycles. The molecule has 0 radical (unpaired) electrons. The van der Waals surface area contributed by atoms with Crippen molar-refractivity contribution in [1.29, 1.82) is 0 Å². The Morgan fingerprint density at radius 1 is 1.21 bits per heavy atom. The molecular weight excluding hydrogens is 473 g/mol. The summed E-state index contributed by atoms with van der Waals surface area (Å²) in [5.74, 6) is -0.764. The third-order valence-corrected chi connectivity index (χ3v) is 5.77. The van der Waals surface area contributed by atoms with Gasteiger partial charge in [0.2, 0.25) is 0 Å². The van der Waals surface area contributed by atoms with E-state index in [0.717, 1.165) is 23.3 Å². The lowest BCUT2D eigenvalue weighted by Crippen LogP contribution is -2.27. The molecule has 0 spiro atoms. The molecule has 1 saturated heterocycles. The van der Waals surface area contributed by atoms with Crippen molar-refractivity contribution in [2.75, 3.05) is 23.8 Å². The van der Waals surface area contributed by atoms with Gasteiger partial charge < -0.3 is 20.1 Å². The van der Waals surface area contributed by atoms with E-state index in [1.807, 2.05) is 13.8 Å². The molecule has 184 valence electrons. The van der Waals surface area contributed by atoms with Gasteiger partial charge in [-0.15, -0.1) is 0 Å². The lowest BCUT2D eigenvalue weighted by Gasteiger charge is -2.18. The highest BCUT2D eigenvalue weighted by atomic mass is 35.5. The number of ether oxygens (including phenoxy) is 2. The first-order chi connectivity index (χ1) is 16.0. The summed E-state index contributed by atoms with van der Waals surface area (Å²) in [6.07, 6.45) is -4.21. The van der Waals surface area contributed by atoms with Gasteiger partial charge in [-0.3, -0.25) is 9.59 Å². The maximum Gasteiger partial charge on any atom is 0.418 e. The van der Waals surface area contributed by atoms with Crippen molar-refractivity contribution in [3.05, 3.63) is 52.0 Å². The Kier molecular flexibility index (Phi) is 8.09. The number of carbonyl (C=O) groups is 2. The predicted molar refractivity (Wildman–Crippen MR) is 123 cm³/mol. The molecule has 0 aliphatic carbocycles. The molecule has 1 aliphatic heterocycles. The third-order valence-electron chi connectivity index (χ3n) is 5.36. The van der Waals surface area contributed by atoms with Crippen molar-refractivity contribution in [3.63, 3.8) is 0 Å². The second-order valence-corrected chi connectivity index (χ2v) is 8.79. The molecule has 1 unspecified atom stereocenters. The van der Waals surface area contributed by atoms with Crippen LogP contribution in [0.4, 0.5) is 24.5 Å². The molecule has 1 atom stereocenters. The number of hydrogen-bond donors (Lipinski definition) is 2. The number of benzene rings is 2. The van der Waals surface area contributed by atoms with E-state index < -0.39 is 42.0 Å². The molecule has 10 heteroatoms. The topological polar surface area (TPSA) is 76.7 Å². The van der Waals surface area contributed by atoms with Crippen LogP contribution >= 0.6 is 11.6 Å². The van der Waals surface area contributed by atoms with Gasteiger partial charge in [0, 0.05) is 17.3 Å². The number of anilines is 2. The Morgan fingerprint density at radius 3 is 2.56 bits per heavy atom. The van der Waals surface area contributed by atoms with Gasteiger partial charge in [-0.2, -0.15) is 13.2 Å². The first-order valence-corrected chi connectivity index (χ1v) is 11.2. The van der Waals surface area contributed by atoms with Gasteiger partial charge in [-0.1, -0.05) is 25.4 Å². The molecule has 0 bridgehead atoms. The zero-order chi connectivity index (χ0) is 25.0. The fourth-order valence-corrected chi connectivity index (χ4v) is 3.72. The maximum atomic E-state index is 13.7. The monoisotopic (exact) mass is 498 g/mol. The fraction of sp³-hybridized carbons (Fsp3) is 0.417. The highest BCUT2D eigenvalue weighted by Crippen LogP contribution is 2.37. The lowest BCUT2D eigenvalue weighted by molar-refractivity contribution is -0.137. The Morgan fingerprint density at radius 2 is 1.94 bits per heavy atom. The molecule has 6 nitrogen and oxygen atoms in total. The van der Waals surface area contributed by atoms with Crippen LogP contribution < -0.4 is 15.4 Å². The SMILES string of the molecule is Cc1cc(OCC(=O)Nc2ccc(NC(=O)C3CCCO3)cc2C(F)(F)F)c(C(C)C)cc1Cl. The summed E-state index contributed by atoms with van der Waals surface area (Å²) >= 11 is 6.17. The first kappa shape index (κ1) is 25.8. The second kappa shape index (κ2) is 10.7. The van der Waals surface area contributed by atoms with E-state index in [9.17, 15) is 22.8 Å². The number of hydrogen-bond acceptors (Lipinski definition) is 4. The van der Waals surface area contributed by atoms with Gasteiger partial charge in [0.15, 0.2) is 6.61 Å². The molecule has 34 heavy (non-hydrogen) atoms. The molecule has 2 N–H and O–H groups in total. The van der Waals surface area contributed by atoms with Crippen LogP contribution in [0.3, 0.4) is 0 Å². The lowest BCUT2D eigenvalue weighted by atomic mass is 10.0. The molecule has 1 fully saturated rings. The van der Waals surface area contributed by atoms with E-state index in [4.69, 9.17) is 21.1 Å². The first-order valence-electron chi connectivity index (χ1n) is 10.8. The number of alkyl halides is 3. The highest BCUT2D eigenvalue weighted by Gasteiger charge is 2.35. The van der Waals surface area contributed by atoms with Crippen LogP contribution in [-0.4, -0.2) is 31.1 Å². The third kappa shape index (κ3) is 6.42. The van der Waals surface area contributed by atoms with Crippen molar-refractivity contribution in [2.24, 2.45) is 0 Å². The minimum absolute atomic E-state index is 0.0414. The van der Waals surface area contributed by atoms with Crippen molar-refractivity contribution in [1.82, 2.24) is 0 Å². The van der Waals surface area contributed by atoms with E-state index in [1.54, 1.807) is 19.1 Å². The zero-order valence-corrected chi connectivity index (χ0v) is 19.8. The van der Waals surface area contributed by atoms with E-state index in [1.165, 1.54) is 6.07 Å². The summed E-state index contributed by atoms with van der Waals surface area (Å²) in [6.45, 7) is 5.60. The van der Waals surface area contributed by atoms with Crippen molar-refractivity contribution < 1.29 is 32.2 Å². The zero-order valence-electron chi connectivity index (χ0n) is 19.0. The average molecular weight is 499 g/mol. The summed E-state index contributed by atoms with van der Waals surface area (Å²) < 4.78 is 51.8. The van der Waals surface area contributed by atoms with Crippen molar-refractivity contribution in [2.45, 2.75) is 51.8 Å². The van der Waals surface area contributed by atoms with Gasteiger partial charge in [0.05, 0.1) is 11.3 Å². The molecule has 2 amide bonds. The summed E-state index contributed by atoms with van der Waals surface area (Å²) in [5.41, 5.74) is -0.0312. The highest BCUT2D eigenvalue weighted by molar-refractivity contribution is 6.31. The maximum absolute atomic E-state index is 13.7. The normalized spacial score (nSPS) is 15.9. The van der Waals surface area contributed by atoms with Crippen LogP contribution in [0.5, 0.6) is 5.75 Å². The smallest absolute Gasteiger partial charge is 0.418 e. The molecule has 1 heterocycles. The number of halogens is 4. The largest absolute Gasteiger partial charge is 0.483 e. The predicted octanol–water partition coefficient (Wildman–Crippen LogP) is 5.93. The Bertz CT molecular complexity index is 1070. The van der Waals surface area contributed by atoms with Gasteiger partial charge >= 0.3 is 6.18 Å². The van der Waals surface area contributed by atoms with Crippen LogP contribution in [0, 0.1) is 6.92 Å². The van der Waals surface area contributed by atoms with Gasteiger partial charge in [-0.05, 0) is 67.1 Å². The van der Waals surface area contributed by atoms with Gasteiger partial charge in [0.1, 0.15) is 11.9 Å². The molecule has 3 rings (SSSR count). The molecule has 0 saturated carbocycles. The Balaban J connectivity index is 1.72. The van der Waals surface area contributed by atoms with Crippen LogP contribution in [0.15, 0.2) is 30.3 Å². The molecular formula is C24H26ClF3N2O4. The standard InChI is InChI=1S/C24H26ClF3N2O4/c1-13(2)16-11-18(25)14(3)9-21(16)34-12-22(31)30-19-7-6-15(10-17(19)24(26,27)28)29-23(32)20-5-4-8-33-20/h6-7,9-11,13,20H,4-5,8,12H2,1-3H3,(H,29,32)(H,30,31). The van der Waals surface area contributed by atoms with Crippen LogP contribution in [0.1, 0.15) is 49.3 Å². The minimum Gasteiger partial charge on any atom is -0.483 e. The van der Waals surface area contributed by atoms with Crippen LogP contribution in [0.25, 0.3) is 0 Å². The van der Waals surface area contributed by atoms with E-state index in [-0.39, 0.29) is 11.6 Å². The van der Waals surface area contributed by atoms with Crippen LogP contribution in [0.2, 0.25) is 5.02 Å². The number of aryl methyl sites for hydroxylation is 1. The summed E-state index contributed by atoms with van der Waals surface area (Å²) in [4.78, 5) is 24.6. The molecule has 2 aromatic rings. The van der Waals surface area contributed by atoms with E-state index in [2.05, 4.69) is 10.6 Å². The molecule has 2 aromatic carbocycles. The fourth-order valence-electron chi connectivity index (χ4n) is 3.55. The summed E-state index contributed by atoms with van der Waals surface area (Å²) in [5, 5.41) is 5.25. The minimum atomic E-state index is -4.76. The number of carbonyl (C=O) groups excluding carboxylic acids is 2. The van der Waals surface area contributed by atoms with Crippen LogP contribution in [-0.2, 0) is 20.5 Å². The number of rotatable bonds is 7. The Labute approximate surface area is 200 Å². The van der Waals surface area contributed by atoms with Gasteiger partial charge in [-0.25, -0.2) is 0 Å². The number of amides is 2.